The average molecular weight is 258 g/mol. The lowest BCUT2D eigenvalue weighted by molar-refractivity contribution is -0.140. The monoisotopic (exact) mass is 258 g/mol. The molecule has 0 aliphatic carbocycles. The van der Waals surface area contributed by atoms with Gasteiger partial charge in [0.25, 0.3) is 0 Å². The summed E-state index contributed by atoms with van der Waals surface area (Å²) >= 11 is 0. The van der Waals surface area contributed by atoms with Gasteiger partial charge in [0.1, 0.15) is 11.6 Å². The second-order valence-corrected chi connectivity index (χ2v) is 3.70. The van der Waals surface area contributed by atoms with Crippen molar-refractivity contribution in [3.63, 3.8) is 0 Å². The molecule has 2 amide bonds. The molecule has 5 nitrogen and oxygen atoms in total. The van der Waals surface area contributed by atoms with Gasteiger partial charge in [0.15, 0.2) is 0 Å². The van der Waals surface area contributed by atoms with Gasteiger partial charge in [-0.3, -0.25) is 4.79 Å². The summed E-state index contributed by atoms with van der Waals surface area (Å²) in [5, 5.41) is 12.9. The highest BCUT2D eigenvalue weighted by molar-refractivity contribution is 5.89. The van der Waals surface area contributed by atoms with E-state index in [0.717, 1.165) is 18.2 Å². The van der Waals surface area contributed by atoms with Gasteiger partial charge >= 0.3 is 12.0 Å². The van der Waals surface area contributed by atoms with Gasteiger partial charge in [-0.05, 0) is 12.1 Å². The van der Waals surface area contributed by atoms with Gasteiger partial charge in [0, 0.05) is 12.6 Å². The Hall–Kier alpha value is -2.18. The number of halogens is 2. The van der Waals surface area contributed by atoms with Crippen LogP contribution in [0.3, 0.4) is 0 Å². The maximum Gasteiger partial charge on any atom is 0.319 e. The van der Waals surface area contributed by atoms with E-state index in [1.54, 1.807) is 0 Å². The molecule has 0 saturated carbocycles. The van der Waals surface area contributed by atoms with Gasteiger partial charge in [-0.25, -0.2) is 13.6 Å². The number of carbonyl (C=O) groups is 2. The minimum absolute atomic E-state index is 0.113. The van der Waals surface area contributed by atoms with Gasteiger partial charge in [-0.2, -0.15) is 0 Å². The summed E-state index contributed by atoms with van der Waals surface area (Å²) < 4.78 is 26.0. The van der Waals surface area contributed by atoms with Crippen molar-refractivity contribution in [2.75, 3.05) is 11.9 Å². The molecule has 18 heavy (non-hydrogen) atoms. The van der Waals surface area contributed by atoms with Crippen LogP contribution in [0.1, 0.15) is 6.92 Å². The number of anilines is 1. The van der Waals surface area contributed by atoms with E-state index in [2.05, 4.69) is 10.6 Å². The van der Waals surface area contributed by atoms with Gasteiger partial charge < -0.3 is 15.7 Å². The minimum atomic E-state index is -1.06. The first-order valence-corrected chi connectivity index (χ1v) is 5.13. The van der Waals surface area contributed by atoms with E-state index in [-0.39, 0.29) is 12.2 Å². The lowest BCUT2D eigenvalue weighted by Crippen LogP contribution is -2.34. The van der Waals surface area contributed by atoms with E-state index in [9.17, 15) is 18.4 Å². The Morgan fingerprint density at radius 2 is 2.06 bits per heavy atom. The zero-order chi connectivity index (χ0) is 13.7. The van der Waals surface area contributed by atoms with E-state index in [1.165, 1.54) is 6.92 Å². The van der Waals surface area contributed by atoms with Crippen molar-refractivity contribution in [3.8, 4) is 0 Å². The van der Waals surface area contributed by atoms with Crippen LogP contribution in [0.5, 0.6) is 0 Å². The van der Waals surface area contributed by atoms with Crippen LogP contribution < -0.4 is 10.6 Å². The molecule has 1 aromatic rings. The predicted octanol–water partition coefficient (Wildman–Crippen LogP) is 1.81. The molecular weight excluding hydrogens is 246 g/mol. The van der Waals surface area contributed by atoms with E-state index in [1.807, 2.05) is 0 Å². The summed E-state index contributed by atoms with van der Waals surface area (Å²) in [5.41, 5.74) is -0.310. The van der Waals surface area contributed by atoms with Crippen LogP contribution in [-0.4, -0.2) is 23.7 Å². The molecule has 1 aromatic carbocycles. The number of carbonyl (C=O) groups excluding carboxylic acids is 1. The van der Waals surface area contributed by atoms with Crippen molar-refractivity contribution in [3.05, 3.63) is 29.8 Å². The molecule has 0 aliphatic heterocycles. The van der Waals surface area contributed by atoms with Crippen LogP contribution in [0.4, 0.5) is 19.3 Å². The zero-order valence-electron chi connectivity index (χ0n) is 9.54. The Morgan fingerprint density at radius 1 is 1.39 bits per heavy atom. The molecule has 0 radical (unpaired) electrons. The number of carboxylic acid groups (broad SMARTS) is 1. The summed E-state index contributed by atoms with van der Waals surface area (Å²) in [6.07, 6.45) is 0. The van der Waals surface area contributed by atoms with Crippen LogP contribution in [-0.2, 0) is 4.79 Å². The molecule has 1 rings (SSSR count). The van der Waals surface area contributed by atoms with Gasteiger partial charge in [0.05, 0.1) is 11.6 Å². The van der Waals surface area contributed by atoms with Crippen molar-refractivity contribution in [1.29, 1.82) is 0 Å². The topological polar surface area (TPSA) is 78.4 Å². The van der Waals surface area contributed by atoms with E-state index in [0.29, 0.717) is 0 Å². The van der Waals surface area contributed by atoms with Crippen molar-refractivity contribution in [2.24, 2.45) is 5.92 Å². The van der Waals surface area contributed by atoms with Gasteiger partial charge in [-0.1, -0.05) is 6.92 Å². The first-order valence-electron chi connectivity index (χ1n) is 5.13. The molecule has 1 unspecified atom stereocenters. The highest BCUT2D eigenvalue weighted by Gasteiger charge is 2.13. The Kier molecular flexibility index (Phi) is 4.59. The summed E-state index contributed by atoms with van der Waals surface area (Å²) in [6.45, 7) is 1.30. The van der Waals surface area contributed by atoms with Crippen molar-refractivity contribution >= 4 is 17.7 Å². The molecule has 0 aromatic heterocycles. The highest BCUT2D eigenvalue weighted by atomic mass is 19.1. The lowest BCUT2D eigenvalue weighted by atomic mass is 10.2. The van der Waals surface area contributed by atoms with E-state index in [4.69, 9.17) is 5.11 Å². The van der Waals surface area contributed by atoms with Gasteiger partial charge in [0.2, 0.25) is 0 Å². The number of nitrogens with one attached hydrogen (secondary N) is 2. The molecule has 3 N–H and O–H groups in total. The van der Waals surface area contributed by atoms with Crippen LogP contribution in [0.25, 0.3) is 0 Å². The Balaban J connectivity index is 2.54. The van der Waals surface area contributed by atoms with Crippen LogP contribution in [0.2, 0.25) is 0 Å². The Labute approximate surface area is 102 Å². The summed E-state index contributed by atoms with van der Waals surface area (Å²) in [7, 11) is 0. The lowest BCUT2D eigenvalue weighted by Gasteiger charge is -2.10. The second-order valence-electron chi connectivity index (χ2n) is 3.70. The van der Waals surface area contributed by atoms with E-state index < -0.39 is 29.6 Å². The number of amides is 2. The van der Waals surface area contributed by atoms with Crippen molar-refractivity contribution in [2.45, 2.75) is 6.92 Å². The normalized spacial score (nSPS) is 11.7. The minimum Gasteiger partial charge on any atom is -0.481 e. The number of aliphatic carboxylic acids is 1. The van der Waals surface area contributed by atoms with Crippen molar-refractivity contribution in [1.82, 2.24) is 5.32 Å². The Bertz CT molecular complexity index is 466. The smallest absolute Gasteiger partial charge is 0.319 e. The number of urea groups is 1. The molecule has 0 aliphatic rings. The molecule has 1 atom stereocenters. The summed E-state index contributed by atoms with van der Waals surface area (Å²) in [6, 6.07) is 1.83. The number of hydrogen-bond donors (Lipinski definition) is 3. The third kappa shape index (κ3) is 4.00. The van der Waals surface area contributed by atoms with Crippen molar-refractivity contribution < 1.29 is 23.5 Å². The molecule has 98 valence electrons. The Morgan fingerprint density at radius 3 is 2.67 bits per heavy atom. The number of hydrogen-bond acceptors (Lipinski definition) is 2. The van der Waals surface area contributed by atoms with Crippen LogP contribution in [0, 0.1) is 17.6 Å². The fourth-order valence-corrected chi connectivity index (χ4v) is 1.09. The molecule has 0 saturated heterocycles. The quantitative estimate of drug-likeness (QED) is 0.770. The number of rotatable bonds is 4. The third-order valence-corrected chi connectivity index (χ3v) is 2.17. The molecule has 0 heterocycles. The SMILES string of the molecule is CC(CNC(=O)Nc1cc(F)ccc1F)C(=O)O. The molecule has 7 heteroatoms. The zero-order valence-corrected chi connectivity index (χ0v) is 9.54. The number of carboxylic acids is 1. The maximum absolute atomic E-state index is 13.2. The molecule has 0 spiro atoms. The molecule has 0 fully saturated rings. The molecular formula is C11H12F2N2O3. The second kappa shape index (κ2) is 5.95. The fraction of sp³-hybridized carbons (Fsp3) is 0.273. The average Bonchev–Trinajstić information content (AvgIpc) is 2.30. The number of benzene rings is 1. The van der Waals surface area contributed by atoms with E-state index >= 15 is 0 Å². The van der Waals surface area contributed by atoms with Crippen LogP contribution in [0.15, 0.2) is 18.2 Å². The largest absolute Gasteiger partial charge is 0.481 e. The highest BCUT2D eigenvalue weighted by Crippen LogP contribution is 2.14. The van der Waals surface area contributed by atoms with Gasteiger partial charge in [-0.15, -0.1) is 0 Å². The standard InChI is InChI=1S/C11H12F2N2O3/c1-6(10(16)17)5-14-11(18)15-9-4-7(12)2-3-8(9)13/h2-4,6H,5H2,1H3,(H,16,17)(H2,14,15,18). The fourth-order valence-electron chi connectivity index (χ4n) is 1.09. The summed E-state index contributed by atoms with van der Waals surface area (Å²) in [4.78, 5) is 21.8. The first-order chi connectivity index (χ1) is 8.40. The first kappa shape index (κ1) is 13.9. The van der Waals surface area contributed by atoms with Crippen LogP contribution >= 0.6 is 0 Å². The molecule has 0 bridgehead atoms. The maximum atomic E-state index is 13.2. The predicted molar refractivity (Wildman–Crippen MR) is 60.2 cm³/mol. The summed E-state index contributed by atoms with van der Waals surface area (Å²) in [5.74, 6) is -3.30. The third-order valence-electron chi connectivity index (χ3n) is 2.17.